The summed E-state index contributed by atoms with van der Waals surface area (Å²) in [6.07, 6.45) is 5.36. The molecule has 0 bridgehead atoms. The molecule has 0 amide bonds. The van der Waals surface area contributed by atoms with Crippen molar-refractivity contribution in [2.75, 3.05) is 0 Å². The molecule has 0 spiro atoms. The van der Waals surface area contributed by atoms with Gasteiger partial charge in [-0.15, -0.1) is 0 Å². The van der Waals surface area contributed by atoms with Crippen LogP contribution in [0.2, 0.25) is 0 Å². The number of nitrogens with one attached hydrogen (secondary N) is 1. The molecule has 114 valence electrons. The Morgan fingerprint density at radius 1 is 0.955 bits per heavy atom. The second-order valence-corrected chi connectivity index (χ2v) is 7.73. The third kappa shape index (κ3) is 1.89. The summed E-state index contributed by atoms with van der Waals surface area (Å²) in [7, 11) is 0. The van der Waals surface area contributed by atoms with Crippen LogP contribution < -0.4 is 5.56 Å². The highest BCUT2D eigenvalue weighted by Gasteiger charge is 2.30. The number of hydrogen-bond donors (Lipinski definition) is 1. The summed E-state index contributed by atoms with van der Waals surface area (Å²) in [4.78, 5) is 15.7. The topological polar surface area (TPSA) is 32.9 Å². The average molecular weight is 293 g/mol. The molecule has 1 aromatic carbocycles. The van der Waals surface area contributed by atoms with Crippen LogP contribution in [-0.2, 0) is 24.7 Å². The fourth-order valence-corrected chi connectivity index (χ4v) is 4.22. The summed E-state index contributed by atoms with van der Waals surface area (Å²) < 4.78 is 0. The summed E-state index contributed by atoms with van der Waals surface area (Å²) in [6, 6.07) is 6.54. The molecule has 0 fully saturated rings. The van der Waals surface area contributed by atoms with Crippen LogP contribution in [0.25, 0.3) is 11.3 Å². The van der Waals surface area contributed by atoms with Gasteiger partial charge in [0.2, 0.25) is 0 Å². The van der Waals surface area contributed by atoms with E-state index in [1.165, 1.54) is 34.2 Å². The fraction of sp³-hybridized carbons (Fsp3) is 0.450. The third-order valence-electron chi connectivity index (χ3n) is 5.25. The Labute approximate surface area is 131 Å². The molecule has 0 aliphatic heterocycles. The predicted octanol–water partition coefficient (Wildman–Crippen LogP) is 4.12. The van der Waals surface area contributed by atoms with Gasteiger partial charge in [0.25, 0.3) is 5.56 Å². The van der Waals surface area contributed by atoms with Crippen LogP contribution in [0.1, 0.15) is 61.4 Å². The molecule has 4 rings (SSSR count). The maximum Gasteiger partial charge on any atom is 0.251 e. The van der Waals surface area contributed by atoms with Gasteiger partial charge in [0, 0.05) is 17.5 Å². The number of aromatic nitrogens is 1. The van der Waals surface area contributed by atoms with E-state index < -0.39 is 0 Å². The zero-order chi connectivity index (χ0) is 15.5. The Bertz CT molecular complexity index is 821. The van der Waals surface area contributed by atoms with E-state index >= 15 is 0 Å². The minimum Gasteiger partial charge on any atom is -0.321 e. The van der Waals surface area contributed by atoms with E-state index in [9.17, 15) is 4.79 Å². The van der Waals surface area contributed by atoms with Crippen LogP contribution >= 0.6 is 0 Å². The van der Waals surface area contributed by atoms with Gasteiger partial charge in [-0.25, -0.2) is 0 Å². The van der Waals surface area contributed by atoms with Gasteiger partial charge in [0.1, 0.15) is 0 Å². The van der Waals surface area contributed by atoms with E-state index in [1.807, 2.05) is 0 Å². The smallest absolute Gasteiger partial charge is 0.251 e. The molecule has 2 aliphatic rings. The number of pyridine rings is 1. The highest BCUT2D eigenvalue weighted by Crippen LogP contribution is 2.42. The Kier molecular flexibility index (Phi) is 2.87. The molecule has 1 N–H and O–H groups in total. The number of rotatable bonds is 0. The van der Waals surface area contributed by atoms with Gasteiger partial charge < -0.3 is 4.98 Å². The van der Waals surface area contributed by atoms with Gasteiger partial charge in [-0.1, -0.05) is 39.0 Å². The van der Waals surface area contributed by atoms with E-state index in [1.54, 1.807) is 0 Å². The summed E-state index contributed by atoms with van der Waals surface area (Å²) in [5, 5.41) is 0. The third-order valence-corrected chi connectivity index (χ3v) is 5.25. The van der Waals surface area contributed by atoms with Gasteiger partial charge in [-0.2, -0.15) is 0 Å². The van der Waals surface area contributed by atoms with Crippen LogP contribution in [0.3, 0.4) is 0 Å². The minimum absolute atomic E-state index is 0.133. The first kappa shape index (κ1) is 13.8. The molecule has 0 saturated heterocycles. The zero-order valence-electron chi connectivity index (χ0n) is 13.7. The lowest BCUT2D eigenvalue weighted by Gasteiger charge is -2.22. The maximum absolute atomic E-state index is 12.5. The number of hydrogen-bond acceptors (Lipinski definition) is 1. The van der Waals surface area contributed by atoms with Gasteiger partial charge in [0.15, 0.2) is 0 Å². The van der Waals surface area contributed by atoms with Crippen LogP contribution in [-0.4, -0.2) is 4.98 Å². The summed E-state index contributed by atoms with van der Waals surface area (Å²) >= 11 is 0. The van der Waals surface area contributed by atoms with E-state index in [0.29, 0.717) is 0 Å². The molecule has 0 saturated carbocycles. The van der Waals surface area contributed by atoms with E-state index in [2.05, 4.69) is 44.0 Å². The average Bonchev–Trinajstić information content (AvgIpc) is 2.85. The van der Waals surface area contributed by atoms with Gasteiger partial charge in [0.05, 0.1) is 5.69 Å². The number of aromatic amines is 1. The Morgan fingerprint density at radius 2 is 1.68 bits per heavy atom. The molecule has 0 atom stereocenters. The van der Waals surface area contributed by atoms with Crippen molar-refractivity contribution in [1.29, 1.82) is 0 Å². The van der Waals surface area contributed by atoms with Crippen LogP contribution in [0, 0.1) is 0 Å². The minimum atomic E-state index is 0.133. The predicted molar refractivity (Wildman–Crippen MR) is 90.6 cm³/mol. The maximum atomic E-state index is 12.5. The first-order valence-corrected chi connectivity index (χ1v) is 8.36. The number of H-pyrrole nitrogens is 1. The lowest BCUT2D eigenvalue weighted by molar-refractivity contribution is 0.585. The number of benzene rings is 1. The quantitative estimate of drug-likeness (QED) is 0.664. The lowest BCUT2D eigenvalue weighted by atomic mass is 9.82. The van der Waals surface area contributed by atoms with E-state index in [4.69, 9.17) is 0 Å². The summed E-state index contributed by atoms with van der Waals surface area (Å²) in [5.74, 6) is 0. The zero-order valence-corrected chi connectivity index (χ0v) is 13.7. The molecule has 2 aliphatic carbocycles. The second kappa shape index (κ2) is 4.58. The first-order chi connectivity index (χ1) is 10.5. The molecule has 1 heterocycles. The Morgan fingerprint density at radius 3 is 2.41 bits per heavy atom. The SMILES string of the molecule is CC(C)(C)c1cccc2c1Cc1c-2[nH]c(=O)c2c1CCCC2. The molecular formula is C20H23NO. The van der Waals surface area contributed by atoms with Crippen molar-refractivity contribution in [2.24, 2.45) is 0 Å². The van der Waals surface area contributed by atoms with Gasteiger partial charge in [-0.3, -0.25) is 4.79 Å². The van der Waals surface area contributed by atoms with Crippen molar-refractivity contribution in [3.63, 3.8) is 0 Å². The van der Waals surface area contributed by atoms with Crippen molar-refractivity contribution in [1.82, 2.24) is 4.98 Å². The molecule has 1 aromatic heterocycles. The molecular weight excluding hydrogens is 270 g/mol. The van der Waals surface area contributed by atoms with Crippen molar-refractivity contribution in [3.05, 3.63) is 56.4 Å². The van der Waals surface area contributed by atoms with Crippen molar-refractivity contribution in [3.8, 4) is 11.3 Å². The van der Waals surface area contributed by atoms with Crippen molar-refractivity contribution < 1.29 is 0 Å². The van der Waals surface area contributed by atoms with Crippen molar-refractivity contribution in [2.45, 2.75) is 58.3 Å². The normalized spacial score (nSPS) is 16.1. The molecule has 0 unspecified atom stereocenters. The van der Waals surface area contributed by atoms with E-state index in [0.717, 1.165) is 36.9 Å². The molecule has 2 nitrogen and oxygen atoms in total. The molecule has 0 radical (unpaired) electrons. The fourth-order valence-electron chi connectivity index (χ4n) is 4.22. The summed E-state index contributed by atoms with van der Waals surface area (Å²) in [6.45, 7) is 6.80. The largest absolute Gasteiger partial charge is 0.321 e. The number of fused-ring (bicyclic) bond motifs is 5. The van der Waals surface area contributed by atoms with Gasteiger partial charge in [-0.05, 0) is 53.4 Å². The lowest BCUT2D eigenvalue weighted by Crippen LogP contribution is -2.21. The first-order valence-electron chi connectivity index (χ1n) is 8.36. The highest BCUT2D eigenvalue weighted by atomic mass is 16.1. The van der Waals surface area contributed by atoms with Gasteiger partial charge >= 0.3 is 0 Å². The molecule has 22 heavy (non-hydrogen) atoms. The standard InChI is InChI=1S/C20H23NO/c1-20(2,3)17-10-6-9-13-15(17)11-16-12-7-4-5-8-14(12)19(22)21-18(13)16/h6,9-10H,4-5,7-8,11H2,1-3H3,(H,21,22). The van der Waals surface area contributed by atoms with Crippen LogP contribution in [0.15, 0.2) is 23.0 Å². The van der Waals surface area contributed by atoms with Crippen LogP contribution in [0.5, 0.6) is 0 Å². The van der Waals surface area contributed by atoms with E-state index in [-0.39, 0.29) is 11.0 Å². The monoisotopic (exact) mass is 293 g/mol. The second-order valence-electron chi connectivity index (χ2n) is 7.73. The summed E-state index contributed by atoms with van der Waals surface area (Å²) in [5.41, 5.74) is 9.22. The Hall–Kier alpha value is -1.83. The van der Waals surface area contributed by atoms with Crippen LogP contribution in [0.4, 0.5) is 0 Å². The molecule has 2 aromatic rings. The highest BCUT2D eigenvalue weighted by molar-refractivity contribution is 5.77. The Balaban J connectivity index is 1.98. The van der Waals surface area contributed by atoms with Crippen molar-refractivity contribution >= 4 is 0 Å². The molecule has 2 heteroatoms.